The van der Waals surface area contributed by atoms with Crippen LogP contribution in [-0.4, -0.2) is 6.29 Å². The molecule has 0 radical (unpaired) electrons. The van der Waals surface area contributed by atoms with Crippen molar-refractivity contribution in [1.82, 2.24) is 0 Å². The molecule has 0 atom stereocenters. The van der Waals surface area contributed by atoms with Crippen molar-refractivity contribution in [2.75, 3.05) is 0 Å². The van der Waals surface area contributed by atoms with Gasteiger partial charge in [0.25, 0.3) is 0 Å². The number of hydrogen-bond acceptors (Lipinski definition) is 1. The molecule has 0 aromatic heterocycles. The summed E-state index contributed by atoms with van der Waals surface area (Å²) in [6.07, 6.45) is 10.3. The summed E-state index contributed by atoms with van der Waals surface area (Å²) in [5, 5.41) is 0. The molecular weight excluding hydrogens is 148 g/mol. The summed E-state index contributed by atoms with van der Waals surface area (Å²) in [6, 6.07) is 0. The largest absolute Gasteiger partial charge is 0.303 e. The maximum absolute atomic E-state index is 10.5. The van der Waals surface area contributed by atoms with E-state index in [-0.39, 0.29) is 5.41 Å². The lowest BCUT2D eigenvalue weighted by Gasteiger charge is -2.14. The maximum atomic E-state index is 10.5. The second-order valence-corrected chi connectivity index (χ2v) is 4.41. The topological polar surface area (TPSA) is 17.1 Å². The van der Waals surface area contributed by atoms with Crippen LogP contribution in [0.4, 0.5) is 0 Å². The molecule has 1 fully saturated rings. The quantitative estimate of drug-likeness (QED) is 0.453. The highest BCUT2D eigenvalue weighted by atomic mass is 16.1. The number of hydrogen-bond donors (Lipinski definition) is 0. The molecule has 1 rings (SSSR count). The predicted molar refractivity (Wildman–Crippen MR) is 50.9 cm³/mol. The van der Waals surface area contributed by atoms with Crippen molar-refractivity contribution in [2.24, 2.45) is 11.3 Å². The smallest absolute Gasteiger partial charge is 0.125 e. The first kappa shape index (κ1) is 9.50. The molecule has 0 heterocycles. The van der Waals surface area contributed by atoms with Crippen molar-refractivity contribution in [2.45, 2.75) is 39.5 Å². The fourth-order valence-electron chi connectivity index (χ4n) is 1.09. The number of carbonyl (C=O) groups is 1. The minimum atomic E-state index is -0.131. The van der Waals surface area contributed by atoms with Crippen LogP contribution in [0, 0.1) is 11.3 Å². The molecule has 0 saturated heterocycles. The van der Waals surface area contributed by atoms with E-state index in [0.29, 0.717) is 0 Å². The Labute approximate surface area is 74.9 Å². The third kappa shape index (κ3) is 3.70. The lowest BCUT2D eigenvalue weighted by molar-refractivity contribution is -0.114. The van der Waals surface area contributed by atoms with Crippen molar-refractivity contribution in [3.05, 3.63) is 12.2 Å². The van der Waals surface area contributed by atoms with E-state index in [4.69, 9.17) is 0 Å². The molecule has 1 nitrogen and oxygen atoms in total. The van der Waals surface area contributed by atoms with Crippen molar-refractivity contribution in [1.29, 1.82) is 0 Å². The predicted octanol–water partition coefficient (Wildman–Crippen LogP) is 2.96. The number of aldehydes is 1. The standard InChI is InChI=1S/C11H18O/c1-11(2,9-12)8-4-3-5-10-6-7-10/h3,5,9-10H,4,6-8H2,1-2H3/b5-3+. The minimum Gasteiger partial charge on any atom is -0.303 e. The molecule has 0 aromatic carbocycles. The van der Waals surface area contributed by atoms with E-state index in [2.05, 4.69) is 12.2 Å². The second-order valence-electron chi connectivity index (χ2n) is 4.41. The molecule has 1 aliphatic carbocycles. The Balaban J connectivity index is 2.11. The lowest BCUT2D eigenvalue weighted by atomic mass is 9.90. The summed E-state index contributed by atoms with van der Waals surface area (Å²) < 4.78 is 0. The molecule has 0 unspecified atom stereocenters. The first-order chi connectivity index (χ1) is 5.64. The van der Waals surface area contributed by atoms with Crippen LogP contribution >= 0.6 is 0 Å². The average Bonchev–Trinajstić information content (AvgIpc) is 2.82. The van der Waals surface area contributed by atoms with Crippen LogP contribution in [0.1, 0.15) is 39.5 Å². The normalized spacial score (nSPS) is 18.5. The second kappa shape index (κ2) is 3.88. The summed E-state index contributed by atoms with van der Waals surface area (Å²) >= 11 is 0. The number of carbonyl (C=O) groups excluding carboxylic acids is 1. The van der Waals surface area contributed by atoms with Crippen LogP contribution in [-0.2, 0) is 4.79 Å². The SMILES string of the molecule is CC(C)(C=O)CC/C=C/C1CC1. The van der Waals surface area contributed by atoms with Gasteiger partial charge in [-0.05, 0) is 31.6 Å². The van der Waals surface area contributed by atoms with Crippen LogP contribution in [0.15, 0.2) is 12.2 Å². The van der Waals surface area contributed by atoms with Crippen LogP contribution in [0.5, 0.6) is 0 Å². The van der Waals surface area contributed by atoms with Gasteiger partial charge in [-0.25, -0.2) is 0 Å². The van der Waals surface area contributed by atoms with Gasteiger partial charge in [0, 0.05) is 5.41 Å². The minimum absolute atomic E-state index is 0.131. The molecule has 0 aliphatic heterocycles. The molecule has 68 valence electrons. The monoisotopic (exact) mass is 166 g/mol. The highest BCUT2D eigenvalue weighted by molar-refractivity contribution is 5.57. The highest BCUT2D eigenvalue weighted by Crippen LogP contribution is 2.30. The Morgan fingerprint density at radius 1 is 1.42 bits per heavy atom. The lowest BCUT2D eigenvalue weighted by Crippen LogP contribution is -2.11. The zero-order valence-corrected chi connectivity index (χ0v) is 8.05. The molecule has 0 aromatic rings. The summed E-state index contributed by atoms with van der Waals surface area (Å²) in [4.78, 5) is 10.5. The Bertz CT molecular complexity index is 175. The Morgan fingerprint density at radius 3 is 2.58 bits per heavy atom. The van der Waals surface area contributed by atoms with Gasteiger partial charge >= 0.3 is 0 Å². The van der Waals surface area contributed by atoms with E-state index >= 15 is 0 Å². The summed E-state index contributed by atoms with van der Waals surface area (Å²) in [7, 11) is 0. The van der Waals surface area contributed by atoms with Gasteiger partial charge in [-0.15, -0.1) is 0 Å². The zero-order chi connectivity index (χ0) is 9.03. The fraction of sp³-hybridized carbons (Fsp3) is 0.727. The van der Waals surface area contributed by atoms with Crippen LogP contribution < -0.4 is 0 Å². The van der Waals surface area contributed by atoms with Gasteiger partial charge in [0.2, 0.25) is 0 Å². The fourth-order valence-corrected chi connectivity index (χ4v) is 1.09. The van der Waals surface area contributed by atoms with E-state index in [1.54, 1.807) is 0 Å². The van der Waals surface area contributed by atoms with Crippen LogP contribution in [0.25, 0.3) is 0 Å². The number of allylic oxidation sites excluding steroid dienone is 2. The van der Waals surface area contributed by atoms with E-state index in [1.807, 2.05) is 13.8 Å². The molecule has 0 amide bonds. The molecule has 12 heavy (non-hydrogen) atoms. The van der Waals surface area contributed by atoms with Crippen molar-refractivity contribution < 1.29 is 4.79 Å². The molecular formula is C11H18O. The first-order valence-electron chi connectivity index (χ1n) is 4.77. The maximum Gasteiger partial charge on any atom is 0.125 e. The van der Waals surface area contributed by atoms with Crippen LogP contribution in [0.3, 0.4) is 0 Å². The highest BCUT2D eigenvalue weighted by Gasteiger charge is 2.17. The molecule has 0 spiro atoms. The van der Waals surface area contributed by atoms with E-state index in [1.165, 1.54) is 12.8 Å². The van der Waals surface area contributed by atoms with Gasteiger partial charge in [-0.3, -0.25) is 0 Å². The average molecular weight is 166 g/mol. The molecule has 0 N–H and O–H groups in total. The van der Waals surface area contributed by atoms with Crippen molar-refractivity contribution >= 4 is 6.29 Å². The van der Waals surface area contributed by atoms with Gasteiger partial charge in [0.05, 0.1) is 0 Å². The molecule has 0 bridgehead atoms. The van der Waals surface area contributed by atoms with Crippen molar-refractivity contribution in [3.63, 3.8) is 0 Å². The third-order valence-corrected chi connectivity index (χ3v) is 2.30. The zero-order valence-electron chi connectivity index (χ0n) is 8.05. The molecule has 1 heteroatoms. The van der Waals surface area contributed by atoms with Gasteiger partial charge in [0.1, 0.15) is 6.29 Å². The van der Waals surface area contributed by atoms with Crippen molar-refractivity contribution in [3.8, 4) is 0 Å². The van der Waals surface area contributed by atoms with E-state index in [0.717, 1.165) is 25.0 Å². The third-order valence-electron chi connectivity index (χ3n) is 2.30. The Morgan fingerprint density at radius 2 is 2.08 bits per heavy atom. The van der Waals surface area contributed by atoms with Gasteiger partial charge in [-0.1, -0.05) is 26.0 Å². The van der Waals surface area contributed by atoms with Gasteiger partial charge in [-0.2, -0.15) is 0 Å². The molecule has 1 aliphatic rings. The Hall–Kier alpha value is -0.590. The molecule has 1 saturated carbocycles. The number of rotatable bonds is 5. The summed E-state index contributed by atoms with van der Waals surface area (Å²) in [5.41, 5.74) is -0.131. The Kier molecular flexibility index (Phi) is 3.07. The summed E-state index contributed by atoms with van der Waals surface area (Å²) in [6.45, 7) is 3.98. The van der Waals surface area contributed by atoms with E-state index < -0.39 is 0 Å². The van der Waals surface area contributed by atoms with Gasteiger partial charge in [0.15, 0.2) is 0 Å². The van der Waals surface area contributed by atoms with Gasteiger partial charge < -0.3 is 4.79 Å². The van der Waals surface area contributed by atoms with E-state index in [9.17, 15) is 4.79 Å². The first-order valence-corrected chi connectivity index (χ1v) is 4.77. The van der Waals surface area contributed by atoms with Crippen LogP contribution in [0.2, 0.25) is 0 Å². The summed E-state index contributed by atoms with van der Waals surface area (Å²) in [5.74, 6) is 0.865.